The van der Waals surface area contributed by atoms with E-state index in [1.54, 1.807) is 12.1 Å². The van der Waals surface area contributed by atoms with Gasteiger partial charge in [0.05, 0.1) is 0 Å². The Hall–Kier alpha value is -2.22. The fourth-order valence-electron chi connectivity index (χ4n) is 1.67. The number of phenolic OH excluding ortho intramolecular Hbond substituents is 2. The number of hydrogen-bond acceptors (Lipinski definition) is 2. The van der Waals surface area contributed by atoms with E-state index in [9.17, 15) is 10.2 Å². The van der Waals surface area contributed by atoms with Gasteiger partial charge < -0.3 is 10.2 Å². The van der Waals surface area contributed by atoms with E-state index in [0.717, 1.165) is 11.1 Å². The molecule has 0 radical (unpaired) electrons. The highest BCUT2D eigenvalue weighted by Crippen LogP contribution is 2.20. The van der Waals surface area contributed by atoms with Crippen molar-refractivity contribution in [1.82, 2.24) is 0 Å². The number of benzene rings is 2. The van der Waals surface area contributed by atoms with Gasteiger partial charge in [0.15, 0.2) is 0 Å². The summed E-state index contributed by atoms with van der Waals surface area (Å²) in [4.78, 5) is 0. The highest BCUT2D eigenvalue weighted by atomic mass is 16.3. The Balaban J connectivity index is 2.05. The summed E-state index contributed by atoms with van der Waals surface area (Å²) in [5.74, 6) is 0.182. The van der Waals surface area contributed by atoms with Crippen molar-refractivity contribution < 1.29 is 10.2 Å². The van der Waals surface area contributed by atoms with Crippen molar-refractivity contribution in [2.75, 3.05) is 0 Å². The molecule has 2 nitrogen and oxygen atoms in total. The van der Waals surface area contributed by atoms with E-state index >= 15 is 0 Å². The molecule has 2 aromatic carbocycles. The van der Waals surface area contributed by atoms with Crippen molar-refractivity contribution in [2.45, 2.75) is 6.42 Å². The van der Waals surface area contributed by atoms with Gasteiger partial charge in [0.1, 0.15) is 11.5 Å². The molecule has 0 aliphatic heterocycles. The van der Waals surface area contributed by atoms with Crippen LogP contribution in [0, 0.1) is 0 Å². The van der Waals surface area contributed by atoms with Gasteiger partial charge in [-0.2, -0.15) is 0 Å². The number of allylic oxidation sites excluding steroid dienone is 1. The predicted octanol–water partition coefficient (Wildman–Crippen LogP) is 3.35. The molecule has 2 heteroatoms. The van der Waals surface area contributed by atoms with Crippen LogP contribution in [0.25, 0.3) is 6.08 Å². The maximum atomic E-state index is 9.33. The van der Waals surface area contributed by atoms with Crippen LogP contribution in [0.2, 0.25) is 0 Å². The third-order valence-corrected chi connectivity index (χ3v) is 2.43. The third kappa shape index (κ3) is 3.38. The zero-order valence-corrected chi connectivity index (χ0v) is 9.38. The van der Waals surface area contributed by atoms with Crippen molar-refractivity contribution in [3.05, 3.63) is 65.7 Å². The molecule has 0 saturated heterocycles. The molecule has 0 unspecified atom stereocenters. The lowest BCUT2D eigenvalue weighted by atomic mass is 10.1. The molecular weight excluding hydrogens is 212 g/mol. The minimum atomic E-state index is 0.0908. The Labute approximate surface area is 100 Å². The largest absolute Gasteiger partial charge is 0.508 e. The molecule has 2 aromatic rings. The van der Waals surface area contributed by atoms with Crippen molar-refractivity contribution in [3.63, 3.8) is 0 Å². The molecule has 0 saturated carbocycles. The first kappa shape index (κ1) is 11.3. The first-order valence-corrected chi connectivity index (χ1v) is 5.47. The Bertz CT molecular complexity index is 495. The van der Waals surface area contributed by atoms with Gasteiger partial charge in [-0.05, 0) is 29.7 Å². The summed E-state index contributed by atoms with van der Waals surface area (Å²) in [5, 5.41) is 18.7. The topological polar surface area (TPSA) is 40.5 Å². The maximum Gasteiger partial charge on any atom is 0.119 e. The fraction of sp³-hybridized carbons (Fsp3) is 0.0667. The third-order valence-electron chi connectivity index (χ3n) is 2.43. The quantitative estimate of drug-likeness (QED) is 0.842. The van der Waals surface area contributed by atoms with E-state index in [2.05, 4.69) is 0 Å². The lowest BCUT2D eigenvalue weighted by Gasteiger charge is -2.00. The molecule has 0 aliphatic carbocycles. The first-order valence-electron chi connectivity index (χ1n) is 5.47. The Morgan fingerprint density at radius 3 is 2.18 bits per heavy atom. The van der Waals surface area contributed by atoms with Gasteiger partial charge in [-0.25, -0.2) is 0 Å². The molecule has 17 heavy (non-hydrogen) atoms. The second kappa shape index (κ2) is 5.21. The average Bonchev–Trinajstić information content (AvgIpc) is 2.29. The minimum absolute atomic E-state index is 0.0908. The maximum absolute atomic E-state index is 9.33. The highest BCUT2D eigenvalue weighted by Gasteiger charge is 1.96. The van der Waals surface area contributed by atoms with E-state index in [4.69, 9.17) is 0 Å². The Kier molecular flexibility index (Phi) is 3.46. The van der Waals surface area contributed by atoms with Crippen molar-refractivity contribution in [2.24, 2.45) is 0 Å². The number of aromatic hydroxyl groups is 2. The molecule has 0 fully saturated rings. The Morgan fingerprint density at radius 1 is 0.882 bits per heavy atom. The second-order valence-corrected chi connectivity index (χ2v) is 3.87. The van der Waals surface area contributed by atoms with Crippen LogP contribution in [0.3, 0.4) is 0 Å². The monoisotopic (exact) mass is 226 g/mol. The molecule has 0 aliphatic rings. The number of rotatable bonds is 3. The van der Waals surface area contributed by atoms with Crippen LogP contribution >= 0.6 is 0 Å². The zero-order chi connectivity index (χ0) is 12.1. The Morgan fingerprint density at radius 2 is 1.53 bits per heavy atom. The van der Waals surface area contributed by atoms with Crippen LogP contribution in [0.4, 0.5) is 0 Å². The summed E-state index contributed by atoms with van der Waals surface area (Å²) in [6.45, 7) is 0. The molecular formula is C15H14O2. The molecule has 2 N–H and O–H groups in total. The number of hydrogen-bond donors (Lipinski definition) is 2. The van der Waals surface area contributed by atoms with Crippen molar-refractivity contribution in [3.8, 4) is 11.5 Å². The van der Waals surface area contributed by atoms with E-state index < -0.39 is 0 Å². The highest BCUT2D eigenvalue weighted by molar-refractivity contribution is 5.49. The van der Waals surface area contributed by atoms with E-state index in [1.165, 1.54) is 6.07 Å². The summed E-state index contributed by atoms with van der Waals surface area (Å²) in [7, 11) is 0. The fourth-order valence-corrected chi connectivity index (χ4v) is 1.67. The molecule has 0 bridgehead atoms. The van der Waals surface area contributed by atoms with Gasteiger partial charge in [0, 0.05) is 6.07 Å². The minimum Gasteiger partial charge on any atom is -0.508 e. The predicted molar refractivity (Wildman–Crippen MR) is 69.0 cm³/mol. The van der Waals surface area contributed by atoms with Crippen LogP contribution in [-0.4, -0.2) is 10.2 Å². The van der Waals surface area contributed by atoms with E-state index in [1.807, 2.05) is 42.5 Å². The molecule has 0 heterocycles. The molecule has 0 aromatic heterocycles. The molecule has 2 rings (SSSR count). The van der Waals surface area contributed by atoms with Gasteiger partial charge in [-0.1, -0.05) is 42.5 Å². The summed E-state index contributed by atoms with van der Waals surface area (Å²) in [5.41, 5.74) is 2.02. The van der Waals surface area contributed by atoms with Crippen molar-refractivity contribution in [1.29, 1.82) is 0 Å². The van der Waals surface area contributed by atoms with Crippen molar-refractivity contribution >= 4 is 6.08 Å². The van der Waals surface area contributed by atoms with E-state index in [0.29, 0.717) is 6.42 Å². The first-order chi connectivity index (χ1) is 8.24. The van der Waals surface area contributed by atoms with Crippen LogP contribution < -0.4 is 0 Å². The smallest absolute Gasteiger partial charge is 0.119 e. The molecule has 0 atom stereocenters. The molecule has 0 amide bonds. The summed E-state index contributed by atoms with van der Waals surface area (Å²) in [6, 6.07) is 14.6. The van der Waals surface area contributed by atoms with Gasteiger partial charge in [-0.15, -0.1) is 0 Å². The molecule has 86 valence electrons. The molecule has 0 spiro atoms. The summed E-state index contributed by atoms with van der Waals surface area (Å²) in [6.07, 6.45) is 4.70. The van der Waals surface area contributed by atoms with Crippen LogP contribution in [0.1, 0.15) is 11.1 Å². The van der Waals surface area contributed by atoms with Crippen LogP contribution in [-0.2, 0) is 6.42 Å². The summed E-state index contributed by atoms with van der Waals surface area (Å²) >= 11 is 0. The normalized spacial score (nSPS) is 10.8. The van der Waals surface area contributed by atoms with Gasteiger partial charge in [0.25, 0.3) is 0 Å². The lowest BCUT2D eigenvalue weighted by molar-refractivity contribution is 0.449. The lowest BCUT2D eigenvalue weighted by Crippen LogP contribution is -1.80. The van der Waals surface area contributed by atoms with E-state index in [-0.39, 0.29) is 11.5 Å². The summed E-state index contributed by atoms with van der Waals surface area (Å²) < 4.78 is 0. The number of phenols is 2. The standard InChI is InChI=1S/C15H14O2/c16-14-9-13(10-15(17)11-14)8-4-7-12-5-2-1-3-6-12/h1-7,9-11,16-17H,8H2. The average molecular weight is 226 g/mol. The van der Waals surface area contributed by atoms with Gasteiger partial charge >= 0.3 is 0 Å². The van der Waals surface area contributed by atoms with Crippen LogP contribution in [0.15, 0.2) is 54.6 Å². The second-order valence-electron chi connectivity index (χ2n) is 3.87. The zero-order valence-electron chi connectivity index (χ0n) is 9.38. The van der Waals surface area contributed by atoms with Gasteiger partial charge in [-0.3, -0.25) is 0 Å². The van der Waals surface area contributed by atoms with Crippen LogP contribution in [0.5, 0.6) is 11.5 Å². The van der Waals surface area contributed by atoms with Gasteiger partial charge in [0.2, 0.25) is 0 Å². The SMILES string of the molecule is Oc1cc(O)cc(CC=Cc2ccccc2)c1.